The van der Waals surface area contributed by atoms with Gasteiger partial charge in [-0.05, 0) is 12.6 Å². The maximum atomic E-state index is 5.11. The van der Waals surface area contributed by atoms with Crippen molar-refractivity contribution >= 4 is 0 Å². The van der Waals surface area contributed by atoms with Crippen molar-refractivity contribution in [3.63, 3.8) is 0 Å². The van der Waals surface area contributed by atoms with E-state index in [1.54, 1.807) is 20.3 Å². The third-order valence-corrected chi connectivity index (χ3v) is 2.01. The number of hydrogen-bond donors (Lipinski definition) is 1. The molecule has 0 saturated heterocycles. The summed E-state index contributed by atoms with van der Waals surface area (Å²) in [4.78, 5) is 0. The van der Waals surface area contributed by atoms with Gasteiger partial charge >= 0.3 is 0 Å². The Morgan fingerprint density at radius 1 is 1.33 bits per heavy atom. The lowest BCUT2D eigenvalue weighted by molar-refractivity contribution is 0.165. The Morgan fingerprint density at radius 2 is 2.13 bits per heavy atom. The van der Waals surface area contributed by atoms with E-state index in [9.17, 15) is 0 Å². The number of ether oxygens (including phenoxy) is 2. The molecule has 0 amide bonds. The zero-order valence-corrected chi connectivity index (χ0v) is 9.36. The number of likely N-dealkylation sites (N-methyl/N-ethyl adjacent to an activating group) is 1. The lowest BCUT2D eigenvalue weighted by Gasteiger charge is -2.15. The lowest BCUT2D eigenvalue weighted by Crippen LogP contribution is -2.26. The van der Waals surface area contributed by atoms with Crippen molar-refractivity contribution in [2.75, 3.05) is 27.4 Å². The second-order valence-electron chi connectivity index (χ2n) is 3.07. The molecular formula is C10H17N3O2. The number of methoxy groups -OCH3 is 2. The number of rotatable bonds is 6. The fraction of sp³-hybridized carbons (Fsp3) is 0.600. The molecule has 5 nitrogen and oxygen atoms in total. The summed E-state index contributed by atoms with van der Waals surface area (Å²) in [6, 6.07) is 3.76. The Morgan fingerprint density at radius 3 is 2.60 bits per heavy atom. The van der Waals surface area contributed by atoms with Gasteiger partial charge in [0.25, 0.3) is 0 Å². The third-order valence-electron chi connectivity index (χ3n) is 2.01. The lowest BCUT2D eigenvalue weighted by atomic mass is 10.2. The molecular weight excluding hydrogens is 194 g/mol. The first kappa shape index (κ1) is 11.9. The van der Waals surface area contributed by atoms with Crippen LogP contribution in [-0.4, -0.2) is 37.6 Å². The van der Waals surface area contributed by atoms with Gasteiger partial charge in [-0.1, -0.05) is 6.92 Å². The second kappa shape index (κ2) is 6.31. The molecule has 5 heteroatoms. The summed E-state index contributed by atoms with van der Waals surface area (Å²) < 4.78 is 10.0. The minimum absolute atomic E-state index is 0.0819. The number of nitrogens with one attached hydrogen (secondary N) is 1. The van der Waals surface area contributed by atoms with E-state index in [2.05, 4.69) is 15.5 Å². The van der Waals surface area contributed by atoms with Crippen molar-refractivity contribution in [2.24, 2.45) is 0 Å². The summed E-state index contributed by atoms with van der Waals surface area (Å²) in [5.41, 5.74) is 0.861. The van der Waals surface area contributed by atoms with E-state index < -0.39 is 0 Å². The maximum absolute atomic E-state index is 5.11. The second-order valence-corrected chi connectivity index (χ2v) is 3.07. The van der Waals surface area contributed by atoms with Crippen LogP contribution in [0.1, 0.15) is 18.7 Å². The van der Waals surface area contributed by atoms with Crippen LogP contribution in [0.2, 0.25) is 0 Å². The summed E-state index contributed by atoms with van der Waals surface area (Å²) in [6.07, 6.45) is 0. The first-order chi connectivity index (χ1) is 7.31. The van der Waals surface area contributed by atoms with E-state index in [0.717, 1.165) is 12.2 Å². The van der Waals surface area contributed by atoms with Gasteiger partial charge in [0.1, 0.15) is 0 Å². The Balaban J connectivity index is 2.72. The van der Waals surface area contributed by atoms with E-state index in [1.807, 2.05) is 13.0 Å². The van der Waals surface area contributed by atoms with Crippen molar-refractivity contribution in [3.8, 4) is 5.88 Å². The van der Waals surface area contributed by atoms with Crippen LogP contribution in [0.5, 0.6) is 5.88 Å². The largest absolute Gasteiger partial charge is 0.480 e. The molecule has 0 aromatic carbocycles. The van der Waals surface area contributed by atoms with Gasteiger partial charge in [-0.3, -0.25) is 0 Å². The molecule has 1 N–H and O–H groups in total. The molecule has 1 atom stereocenters. The molecule has 0 aliphatic carbocycles. The topological polar surface area (TPSA) is 56.3 Å². The molecule has 84 valence electrons. The molecule has 1 heterocycles. The fourth-order valence-electron chi connectivity index (χ4n) is 1.29. The van der Waals surface area contributed by atoms with Crippen LogP contribution in [0.15, 0.2) is 12.1 Å². The molecule has 0 aliphatic heterocycles. The van der Waals surface area contributed by atoms with Gasteiger partial charge in [0, 0.05) is 13.2 Å². The highest BCUT2D eigenvalue weighted by Crippen LogP contribution is 2.11. The van der Waals surface area contributed by atoms with Crippen molar-refractivity contribution in [1.29, 1.82) is 0 Å². The highest BCUT2D eigenvalue weighted by Gasteiger charge is 2.11. The van der Waals surface area contributed by atoms with Crippen LogP contribution in [0.4, 0.5) is 0 Å². The average molecular weight is 211 g/mol. The van der Waals surface area contributed by atoms with E-state index in [0.29, 0.717) is 12.5 Å². The Bertz CT molecular complexity index is 271. The first-order valence-corrected chi connectivity index (χ1v) is 4.91. The van der Waals surface area contributed by atoms with Gasteiger partial charge in [-0.25, -0.2) is 0 Å². The summed E-state index contributed by atoms with van der Waals surface area (Å²) in [5, 5.41) is 11.3. The van der Waals surface area contributed by atoms with Gasteiger partial charge in [0.2, 0.25) is 5.88 Å². The predicted octanol–water partition coefficient (Wildman–Crippen LogP) is 0.782. The Kier molecular flexibility index (Phi) is 5.00. The van der Waals surface area contributed by atoms with Crippen LogP contribution in [0, 0.1) is 0 Å². The van der Waals surface area contributed by atoms with Crippen LogP contribution >= 0.6 is 0 Å². The van der Waals surface area contributed by atoms with E-state index in [-0.39, 0.29) is 6.04 Å². The molecule has 1 aromatic heterocycles. The summed E-state index contributed by atoms with van der Waals surface area (Å²) >= 11 is 0. The minimum Gasteiger partial charge on any atom is -0.480 e. The minimum atomic E-state index is 0.0819. The molecule has 1 aromatic rings. The van der Waals surface area contributed by atoms with Crippen molar-refractivity contribution in [3.05, 3.63) is 17.8 Å². The van der Waals surface area contributed by atoms with Crippen LogP contribution in [0.3, 0.4) is 0 Å². The Labute approximate surface area is 89.8 Å². The molecule has 15 heavy (non-hydrogen) atoms. The summed E-state index contributed by atoms with van der Waals surface area (Å²) in [5.74, 6) is 0.520. The normalized spacial score (nSPS) is 12.5. The van der Waals surface area contributed by atoms with Gasteiger partial charge in [0.05, 0.1) is 25.5 Å². The van der Waals surface area contributed by atoms with Crippen LogP contribution < -0.4 is 10.1 Å². The van der Waals surface area contributed by atoms with Crippen molar-refractivity contribution in [1.82, 2.24) is 15.5 Å². The SMILES string of the molecule is CCNC(COC)c1ccc(OC)nn1. The molecule has 1 unspecified atom stereocenters. The average Bonchev–Trinajstić information content (AvgIpc) is 2.29. The zero-order valence-electron chi connectivity index (χ0n) is 9.36. The van der Waals surface area contributed by atoms with Crippen molar-refractivity contribution in [2.45, 2.75) is 13.0 Å². The molecule has 0 spiro atoms. The maximum Gasteiger partial charge on any atom is 0.233 e. The number of nitrogens with zero attached hydrogens (tertiary/aromatic N) is 2. The smallest absolute Gasteiger partial charge is 0.233 e. The van der Waals surface area contributed by atoms with Gasteiger partial charge < -0.3 is 14.8 Å². The van der Waals surface area contributed by atoms with Crippen LogP contribution in [-0.2, 0) is 4.74 Å². The van der Waals surface area contributed by atoms with Gasteiger partial charge in [-0.15, -0.1) is 5.10 Å². The molecule has 0 radical (unpaired) electrons. The van der Waals surface area contributed by atoms with E-state index in [1.165, 1.54) is 0 Å². The monoisotopic (exact) mass is 211 g/mol. The van der Waals surface area contributed by atoms with E-state index >= 15 is 0 Å². The standard InChI is InChI=1S/C10H17N3O2/c1-4-11-9(7-14-2)8-5-6-10(15-3)13-12-8/h5-6,9,11H,4,7H2,1-3H3. The first-order valence-electron chi connectivity index (χ1n) is 4.91. The highest BCUT2D eigenvalue weighted by molar-refractivity contribution is 5.14. The third kappa shape index (κ3) is 3.45. The number of hydrogen-bond acceptors (Lipinski definition) is 5. The van der Waals surface area contributed by atoms with E-state index in [4.69, 9.17) is 9.47 Å². The van der Waals surface area contributed by atoms with Gasteiger partial charge in [0.15, 0.2) is 0 Å². The summed E-state index contributed by atoms with van der Waals surface area (Å²) in [7, 11) is 3.24. The molecule has 0 saturated carbocycles. The van der Waals surface area contributed by atoms with Crippen LogP contribution in [0.25, 0.3) is 0 Å². The molecule has 1 rings (SSSR count). The van der Waals surface area contributed by atoms with Crippen molar-refractivity contribution < 1.29 is 9.47 Å². The van der Waals surface area contributed by atoms with Gasteiger partial charge in [-0.2, -0.15) is 5.10 Å². The quantitative estimate of drug-likeness (QED) is 0.753. The molecule has 0 aliphatic rings. The zero-order chi connectivity index (χ0) is 11.1. The summed E-state index contributed by atoms with van der Waals surface area (Å²) in [6.45, 7) is 3.48. The Hall–Kier alpha value is -1.20. The number of aromatic nitrogens is 2. The fourth-order valence-corrected chi connectivity index (χ4v) is 1.29. The predicted molar refractivity (Wildman–Crippen MR) is 56.9 cm³/mol. The highest BCUT2D eigenvalue weighted by atomic mass is 16.5. The molecule has 0 fully saturated rings. The molecule has 0 bridgehead atoms.